The van der Waals surface area contributed by atoms with Gasteiger partial charge in [-0.25, -0.2) is 0 Å². The summed E-state index contributed by atoms with van der Waals surface area (Å²) in [5, 5.41) is 14.8. The second kappa shape index (κ2) is 2.65. The summed E-state index contributed by atoms with van der Waals surface area (Å²) in [4.78, 5) is 0. The van der Waals surface area contributed by atoms with Gasteiger partial charge in [0.2, 0.25) is 0 Å². The SMILES string of the molecule is Cc1cc(C(=N)N)c(C)nn1. The van der Waals surface area contributed by atoms with Crippen LogP contribution in [0.15, 0.2) is 6.07 Å². The largest absolute Gasteiger partial charge is 0.384 e. The highest BCUT2D eigenvalue weighted by atomic mass is 15.1. The molecule has 0 bridgehead atoms. The molecular formula is C7H10N4. The molecule has 0 atom stereocenters. The van der Waals surface area contributed by atoms with Crippen molar-refractivity contribution in [1.82, 2.24) is 10.2 Å². The summed E-state index contributed by atoms with van der Waals surface area (Å²) in [6.07, 6.45) is 0. The van der Waals surface area contributed by atoms with E-state index in [2.05, 4.69) is 10.2 Å². The summed E-state index contributed by atoms with van der Waals surface area (Å²) in [7, 11) is 0. The van der Waals surface area contributed by atoms with Gasteiger partial charge >= 0.3 is 0 Å². The summed E-state index contributed by atoms with van der Waals surface area (Å²) in [6.45, 7) is 3.60. The molecule has 58 valence electrons. The molecule has 1 heterocycles. The Hall–Kier alpha value is -1.45. The van der Waals surface area contributed by atoms with Crippen LogP contribution in [-0.2, 0) is 0 Å². The molecule has 3 N–H and O–H groups in total. The average Bonchev–Trinajstić information content (AvgIpc) is 1.94. The van der Waals surface area contributed by atoms with Crippen LogP contribution in [0.25, 0.3) is 0 Å². The second-order valence-corrected chi connectivity index (χ2v) is 2.40. The number of nitrogen functional groups attached to an aromatic ring is 1. The summed E-state index contributed by atoms with van der Waals surface area (Å²) < 4.78 is 0. The van der Waals surface area contributed by atoms with E-state index >= 15 is 0 Å². The van der Waals surface area contributed by atoms with Gasteiger partial charge in [-0.1, -0.05) is 0 Å². The molecule has 0 spiro atoms. The Kier molecular flexibility index (Phi) is 1.85. The van der Waals surface area contributed by atoms with Crippen LogP contribution in [0.2, 0.25) is 0 Å². The van der Waals surface area contributed by atoms with Crippen LogP contribution in [0, 0.1) is 19.3 Å². The van der Waals surface area contributed by atoms with Crippen molar-refractivity contribution >= 4 is 5.84 Å². The first-order valence-corrected chi connectivity index (χ1v) is 3.26. The number of amidine groups is 1. The van der Waals surface area contributed by atoms with E-state index in [0.717, 1.165) is 5.69 Å². The lowest BCUT2D eigenvalue weighted by molar-refractivity contribution is 0.934. The molecule has 0 aliphatic heterocycles. The van der Waals surface area contributed by atoms with Gasteiger partial charge in [0, 0.05) is 5.56 Å². The lowest BCUT2D eigenvalue weighted by Crippen LogP contribution is -2.14. The quantitative estimate of drug-likeness (QED) is 0.448. The van der Waals surface area contributed by atoms with Gasteiger partial charge in [0.05, 0.1) is 11.4 Å². The van der Waals surface area contributed by atoms with Crippen LogP contribution < -0.4 is 5.73 Å². The van der Waals surface area contributed by atoms with Gasteiger partial charge in [0.15, 0.2) is 0 Å². The maximum absolute atomic E-state index is 7.18. The van der Waals surface area contributed by atoms with Crippen molar-refractivity contribution in [3.05, 3.63) is 23.0 Å². The van der Waals surface area contributed by atoms with Gasteiger partial charge in [0.1, 0.15) is 5.84 Å². The molecule has 0 saturated heterocycles. The Morgan fingerprint density at radius 1 is 1.45 bits per heavy atom. The predicted molar refractivity (Wildman–Crippen MR) is 42.5 cm³/mol. The molecule has 1 aromatic rings. The second-order valence-electron chi connectivity index (χ2n) is 2.40. The molecule has 0 radical (unpaired) electrons. The van der Waals surface area contributed by atoms with Gasteiger partial charge < -0.3 is 5.73 Å². The van der Waals surface area contributed by atoms with Gasteiger partial charge in [-0.05, 0) is 19.9 Å². The van der Waals surface area contributed by atoms with E-state index in [9.17, 15) is 0 Å². The monoisotopic (exact) mass is 150 g/mol. The molecule has 0 aromatic carbocycles. The Morgan fingerprint density at radius 2 is 2.09 bits per heavy atom. The normalized spacial score (nSPS) is 9.64. The molecule has 0 saturated carbocycles. The maximum Gasteiger partial charge on any atom is 0.124 e. The maximum atomic E-state index is 7.18. The highest BCUT2D eigenvalue weighted by molar-refractivity contribution is 5.95. The van der Waals surface area contributed by atoms with Crippen LogP contribution in [0.3, 0.4) is 0 Å². The van der Waals surface area contributed by atoms with Gasteiger partial charge in [-0.3, -0.25) is 5.41 Å². The Balaban J connectivity index is 3.23. The lowest BCUT2D eigenvalue weighted by Gasteiger charge is -2.01. The third-order valence-electron chi connectivity index (χ3n) is 1.39. The average molecular weight is 150 g/mol. The third kappa shape index (κ3) is 1.52. The molecular weight excluding hydrogens is 140 g/mol. The van der Waals surface area contributed by atoms with E-state index in [1.54, 1.807) is 13.0 Å². The van der Waals surface area contributed by atoms with Crippen molar-refractivity contribution in [3.8, 4) is 0 Å². The molecule has 1 aromatic heterocycles. The molecule has 0 amide bonds. The minimum absolute atomic E-state index is 0.0421. The summed E-state index contributed by atoms with van der Waals surface area (Å²) in [5.74, 6) is 0.0421. The molecule has 0 fully saturated rings. The van der Waals surface area contributed by atoms with E-state index in [1.165, 1.54) is 0 Å². The van der Waals surface area contributed by atoms with Crippen LogP contribution in [0.5, 0.6) is 0 Å². The van der Waals surface area contributed by atoms with Crippen LogP contribution in [0.1, 0.15) is 17.0 Å². The fourth-order valence-corrected chi connectivity index (χ4v) is 0.823. The summed E-state index contributed by atoms with van der Waals surface area (Å²) >= 11 is 0. The van der Waals surface area contributed by atoms with Gasteiger partial charge in [0.25, 0.3) is 0 Å². The predicted octanol–water partition coefficient (Wildman–Crippen LogP) is 0.378. The van der Waals surface area contributed by atoms with E-state index in [-0.39, 0.29) is 5.84 Å². The molecule has 0 unspecified atom stereocenters. The van der Waals surface area contributed by atoms with Crippen molar-refractivity contribution in [1.29, 1.82) is 5.41 Å². The highest BCUT2D eigenvalue weighted by Crippen LogP contribution is 2.02. The number of nitrogens with one attached hydrogen (secondary N) is 1. The van der Waals surface area contributed by atoms with Gasteiger partial charge in [-0.15, -0.1) is 0 Å². The summed E-state index contributed by atoms with van der Waals surface area (Å²) in [6, 6.07) is 1.75. The van der Waals surface area contributed by atoms with Crippen molar-refractivity contribution in [2.24, 2.45) is 5.73 Å². The van der Waals surface area contributed by atoms with E-state index in [1.807, 2.05) is 6.92 Å². The fourth-order valence-electron chi connectivity index (χ4n) is 0.823. The third-order valence-corrected chi connectivity index (χ3v) is 1.39. The Bertz CT molecular complexity index is 292. The Labute approximate surface area is 65.0 Å². The minimum Gasteiger partial charge on any atom is -0.384 e. The number of nitrogens with zero attached hydrogens (tertiary/aromatic N) is 2. The van der Waals surface area contributed by atoms with Gasteiger partial charge in [-0.2, -0.15) is 10.2 Å². The van der Waals surface area contributed by atoms with Crippen molar-refractivity contribution in [2.75, 3.05) is 0 Å². The van der Waals surface area contributed by atoms with E-state index in [4.69, 9.17) is 11.1 Å². The molecule has 0 aliphatic rings. The smallest absolute Gasteiger partial charge is 0.124 e. The number of nitrogens with two attached hydrogens (primary N) is 1. The number of aryl methyl sites for hydroxylation is 2. The molecule has 4 nitrogen and oxygen atoms in total. The van der Waals surface area contributed by atoms with Crippen LogP contribution in [-0.4, -0.2) is 16.0 Å². The molecule has 11 heavy (non-hydrogen) atoms. The number of hydrogen-bond donors (Lipinski definition) is 2. The number of rotatable bonds is 1. The van der Waals surface area contributed by atoms with Crippen molar-refractivity contribution < 1.29 is 0 Å². The van der Waals surface area contributed by atoms with Crippen LogP contribution in [0.4, 0.5) is 0 Å². The zero-order chi connectivity index (χ0) is 8.43. The zero-order valence-corrected chi connectivity index (χ0v) is 6.55. The van der Waals surface area contributed by atoms with Crippen molar-refractivity contribution in [2.45, 2.75) is 13.8 Å². The Morgan fingerprint density at radius 3 is 2.55 bits per heavy atom. The lowest BCUT2D eigenvalue weighted by atomic mass is 10.2. The molecule has 1 rings (SSSR count). The molecule has 4 heteroatoms. The van der Waals surface area contributed by atoms with Crippen LogP contribution >= 0.6 is 0 Å². The minimum atomic E-state index is 0.0421. The standard InChI is InChI=1S/C7H10N4/c1-4-3-6(7(8)9)5(2)11-10-4/h3H,1-2H3,(H3,8,9). The molecule has 0 aliphatic carbocycles. The highest BCUT2D eigenvalue weighted by Gasteiger charge is 2.02. The number of aromatic nitrogens is 2. The first kappa shape index (κ1) is 7.65. The van der Waals surface area contributed by atoms with E-state index < -0.39 is 0 Å². The van der Waals surface area contributed by atoms with Crippen molar-refractivity contribution in [3.63, 3.8) is 0 Å². The zero-order valence-electron chi connectivity index (χ0n) is 6.55. The summed E-state index contributed by atoms with van der Waals surface area (Å²) in [5.41, 5.74) is 7.44. The topological polar surface area (TPSA) is 75.7 Å². The fraction of sp³-hybridized carbons (Fsp3) is 0.286. The number of hydrogen-bond acceptors (Lipinski definition) is 3. The van der Waals surface area contributed by atoms with E-state index in [0.29, 0.717) is 11.3 Å². The first-order chi connectivity index (χ1) is 5.11. The first-order valence-electron chi connectivity index (χ1n) is 3.26.